The quantitative estimate of drug-likeness (QED) is 0.683. The van der Waals surface area contributed by atoms with E-state index in [9.17, 15) is 14.7 Å². The minimum absolute atomic E-state index is 0.0498. The Morgan fingerprint density at radius 1 is 1.17 bits per heavy atom. The average molecular weight is 326 g/mol. The summed E-state index contributed by atoms with van der Waals surface area (Å²) in [5.74, 6) is 0.156. The van der Waals surface area contributed by atoms with Gasteiger partial charge in [-0.2, -0.15) is 0 Å². The van der Waals surface area contributed by atoms with Gasteiger partial charge in [0.05, 0.1) is 12.6 Å². The summed E-state index contributed by atoms with van der Waals surface area (Å²) in [5, 5.41) is 9.98. The Labute approximate surface area is 138 Å². The lowest BCUT2D eigenvalue weighted by molar-refractivity contribution is -0.142. The standard InChI is InChI=1S/C16H30N4O3/c1-17(2)11-14(21)12-18-7-9-19(10-8-18)16(23)13-20-6-4-3-5-15(20)22/h14,21H,3-13H2,1-2H3. The first-order chi connectivity index (χ1) is 11.0. The van der Waals surface area contributed by atoms with Gasteiger partial charge in [-0.3, -0.25) is 14.5 Å². The van der Waals surface area contributed by atoms with Crippen LogP contribution in [0.4, 0.5) is 0 Å². The van der Waals surface area contributed by atoms with Crippen LogP contribution in [0.2, 0.25) is 0 Å². The molecule has 2 rings (SSSR count). The fourth-order valence-corrected chi connectivity index (χ4v) is 3.25. The SMILES string of the molecule is CN(C)CC(O)CN1CCN(C(=O)CN2CCCCC2=O)CC1. The molecule has 23 heavy (non-hydrogen) atoms. The van der Waals surface area contributed by atoms with Crippen LogP contribution in [0.25, 0.3) is 0 Å². The molecule has 0 bridgehead atoms. The van der Waals surface area contributed by atoms with Crippen LogP contribution in [0.5, 0.6) is 0 Å². The Bertz CT molecular complexity index is 408. The number of aliphatic hydroxyl groups is 1. The largest absolute Gasteiger partial charge is 0.390 e. The molecule has 7 heteroatoms. The zero-order valence-electron chi connectivity index (χ0n) is 14.4. The average Bonchev–Trinajstić information content (AvgIpc) is 2.49. The summed E-state index contributed by atoms with van der Waals surface area (Å²) < 4.78 is 0. The number of piperazine rings is 1. The molecule has 0 aromatic carbocycles. The van der Waals surface area contributed by atoms with Crippen molar-refractivity contribution in [3.63, 3.8) is 0 Å². The lowest BCUT2D eigenvalue weighted by atomic mass is 10.1. The first-order valence-electron chi connectivity index (χ1n) is 8.56. The van der Waals surface area contributed by atoms with Crippen LogP contribution < -0.4 is 0 Å². The number of hydrogen-bond acceptors (Lipinski definition) is 5. The molecule has 1 atom stereocenters. The molecule has 1 unspecified atom stereocenters. The smallest absolute Gasteiger partial charge is 0.242 e. The van der Waals surface area contributed by atoms with Gasteiger partial charge < -0.3 is 19.8 Å². The van der Waals surface area contributed by atoms with Crippen LogP contribution in [-0.2, 0) is 9.59 Å². The van der Waals surface area contributed by atoms with Crippen LogP contribution >= 0.6 is 0 Å². The number of piperidine rings is 1. The molecular formula is C16H30N4O3. The van der Waals surface area contributed by atoms with E-state index < -0.39 is 0 Å². The third-order valence-corrected chi connectivity index (χ3v) is 4.52. The Morgan fingerprint density at radius 3 is 2.48 bits per heavy atom. The number of nitrogens with zero attached hydrogens (tertiary/aromatic N) is 4. The van der Waals surface area contributed by atoms with Crippen LogP contribution in [0, 0.1) is 0 Å². The molecule has 0 aromatic heterocycles. The normalized spacial score (nSPS) is 21.8. The van der Waals surface area contributed by atoms with Crippen molar-refractivity contribution in [1.82, 2.24) is 19.6 Å². The Kier molecular flexibility index (Phi) is 6.80. The molecule has 132 valence electrons. The summed E-state index contributed by atoms with van der Waals surface area (Å²) in [4.78, 5) is 31.8. The fraction of sp³-hybridized carbons (Fsp3) is 0.875. The minimum Gasteiger partial charge on any atom is -0.390 e. The molecule has 1 N–H and O–H groups in total. The van der Waals surface area contributed by atoms with Crippen molar-refractivity contribution in [2.75, 3.05) is 66.5 Å². The van der Waals surface area contributed by atoms with Crippen molar-refractivity contribution < 1.29 is 14.7 Å². The van der Waals surface area contributed by atoms with Crippen molar-refractivity contribution in [2.45, 2.75) is 25.4 Å². The van der Waals surface area contributed by atoms with Gasteiger partial charge >= 0.3 is 0 Å². The number of amides is 2. The summed E-state index contributed by atoms with van der Waals surface area (Å²) in [6.07, 6.45) is 2.15. The summed E-state index contributed by atoms with van der Waals surface area (Å²) in [6, 6.07) is 0. The molecule has 2 aliphatic rings. The predicted octanol–water partition coefficient (Wildman–Crippen LogP) is -0.934. The number of aliphatic hydroxyl groups excluding tert-OH is 1. The van der Waals surface area contributed by atoms with Crippen molar-refractivity contribution in [3.05, 3.63) is 0 Å². The molecule has 0 radical (unpaired) electrons. The minimum atomic E-state index is -0.363. The Balaban J connectivity index is 1.71. The summed E-state index contributed by atoms with van der Waals surface area (Å²) in [6.45, 7) is 5.14. The molecule has 7 nitrogen and oxygen atoms in total. The van der Waals surface area contributed by atoms with Crippen molar-refractivity contribution in [1.29, 1.82) is 0 Å². The van der Waals surface area contributed by atoms with Crippen LogP contribution in [0.3, 0.4) is 0 Å². The molecule has 2 saturated heterocycles. The van der Waals surface area contributed by atoms with Gasteiger partial charge in [-0.1, -0.05) is 0 Å². The molecule has 2 heterocycles. The molecule has 2 fully saturated rings. The third kappa shape index (κ3) is 5.75. The number of likely N-dealkylation sites (tertiary alicyclic amines) is 1. The number of β-amino-alcohol motifs (C(OH)–C–C–N with tert-alkyl or cyclic N) is 1. The zero-order valence-corrected chi connectivity index (χ0v) is 14.4. The lowest BCUT2D eigenvalue weighted by Crippen LogP contribution is -2.53. The zero-order chi connectivity index (χ0) is 16.8. The van der Waals surface area contributed by atoms with Crippen LogP contribution in [0.1, 0.15) is 19.3 Å². The highest BCUT2D eigenvalue weighted by Crippen LogP contribution is 2.11. The van der Waals surface area contributed by atoms with Crippen LogP contribution in [0.15, 0.2) is 0 Å². The Hall–Kier alpha value is -1.18. The topological polar surface area (TPSA) is 67.3 Å². The molecule has 2 amide bonds. The number of likely N-dealkylation sites (N-methyl/N-ethyl adjacent to an activating group) is 1. The third-order valence-electron chi connectivity index (χ3n) is 4.52. The van der Waals surface area contributed by atoms with Gasteiger partial charge in [-0.05, 0) is 26.9 Å². The number of rotatable bonds is 6. The lowest BCUT2D eigenvalue weighted by Gasteiger charge is -2.37. The van der Waals surface area contributed by atoms with E-state index in [0.717, 1.165) is 25.9 Å². The van der Waals surface area contributed by atoms with Gasteiger partial charge in [0, 0.05) is 52.2 Å². The highest BCUT2D eigenvalue weighted by Gasteiger charge is 2.26. The second kappa shape index (κ2) is 8.61. The van der Waals surface area contributed by atoms with Gasteiger partial charge in [0.1, 0.15) is 0 Å². The monoisotopic (exact) mass is 326 g/mol. The van der Waals surface area contributed by atoms with Gasteiger partial charge in [-0.25, -0.2) is 0 Å². The highest BCUT2D eigenvalue weighted by molar-refractivity contribution is 5.85. The molecule has 0 aromatic rings. The summed E-state index contributed by atoms with van der Waals surface area (Å²) in [7, 11) is 3.89. The van der Waals surface area contributed by atoms with E-state index in [-0.39, 0.29) is 24.5 Å². The predicted molar refractivity (Wildman–Crippen MR) is 88.0 cm³/mol. The maximum Gasteiger partial charge on any atom is 0.242 e. The van der Waals surface area contributed by atoms with E-state index in [1.165, 1.54) is 0 Å². The van der Waals surface area contributed by atoms with Crippen molar-refractivity contribution >= 4 is 11.8 Å². The van der Waals surface area contributed by atoms with Crippen LogP contribution in [-0.4, -0.2) is 109 Å². The molecule has 0 aliphatic carbocycles. The summed E-state index contributed by atoms with van der Waals surface area (Å²) in [5.41, 5.74) is 0. The molecule has 0 spiro atoms. The number of hydrogen-bond donors (Lipinski definition) is 1. The first kappa shape index (κ1) is 18.2. The van der Waals surface area contributed by atoms with Gasteiger partial charge in [-0.15, -0.1) is 0 Å². The second-order valence-corrected chi connectivity index (χ2v) is 6.87. The van der Waals surface area contributed by atoms with Crippen molar-refractivity contribution in [3.8, 4) is 0 Å². The number of carbonyl (C=O) groups excluding carboxylic acids is 2. The second-order valence-electron chi connectivity index (χ2n) is 6.87. The number of carbonyl (C=O) groups is 2. The molecular weight excluding hydrogens is 296 g/mol. The van der Waals surface area contributed by atoms with E-state index in [4.69, 9.17) is 0 Å². The maximum absolute atomic E-state index is 12.3. The van der Waals surface area contributed by atoms with Crippen molar-refractivity contribution in [2.24, 2.45) is 0 Å². The van der Waals surface area contributed by atoms with Gasteiger partial charge in [0.25, 0.3) is 0 Å². The van der Waals surface area contributed by atoms with E-state index in [1.54, 1.807) is 4.90 Å². The fourth-order valence-electron chi connectivity index (χ4n) is 3.25. The maximum atomic E-state index is 12.3. The van der Waals surface area contributed by atoms with E-state index in [2.05, 4.69) is 4.90 Å². The summed E-state index contributed by atoms with van der Waals surface area (Å²) >= 11 is 0. The van der Waals surface area contributed by atoms with E-state index in [0.29, 0.717) is 39.1 Å². The van der Waals surface area contributed by atoms with Gasteiger partial charge in [0.15, 0.2) is 0 Å². The van der Waals surface area contributed by atoms with Gasteiger partial charge in [0.2, 0.25) is 11.8 Å². The highest BCUT2D eigenvalue weighted by atomic mass is 16.3. The van der Waals surface area contributed by atoms with E-state index in [1.807, 2.05) is 23.9 Å². The molecule has 2 aliphatic heterocycles. The first-order valence-corrected chi connectivity index (χ1v) is 8.56. The Morgan fingerprint density at radius 2 is 1.87 bits per heavy atom. The molecule has 0 saturated carbocycles. The van der Waals surface area contributed by atoms with E-state index >= 15 is 0 Å².